The molecule has 0 atom stereocenters. The summed E-state index contributed by atoms with van der Waals surface area (Å²) in [7, 11) is -4.09. The van der Waals surface area contributed by atoms with Gasteiger partial charge >= 0.3 is 69.1 Å². The van der Waals surface area contributed by atoms with Crippen molar-refractivity contribution >= 4 is 44.9 Å². The van der Waals surface area contributed by atoms with Crippen LogP contribution in [0.4, 0.5) is 34.6 Å². The maximum Gasteiger partial charge on any atom is 1.00 e. The molecule has 178 valence electrons. The Morgan fingerprint density at radius 1 is 0.882 bits per heavy atom. The van der Waals surface area contributed by atoms with Crippen molar-refractivity contribution in [3.05, 3.63) is 48.5 Å². The number of benzene rings is 2. The third-order valence-electron chi connectivity index (χ3n) is 3.86. The molecule has 0 aliphatic carbocycles. The van der Waals surface area contributed by atoms with Crippen LogP contribution >= 0.6 is 0 Å². The normalized spacial score (nSPS) is 11.6. The Morgan fingerprint density at radius 2 is 1.44 bits per heavy atom. The van der Waals surface area contributed by atoms with Crippen molar-refractivity contribution in [2.75, 3.05) is 15.5 Å². The fourth-order valence-corrected chi connectivity index (χ4v) is 3.36. The van der Waals surface area contributed by atoms with Gasteiger partial charge in [0.2, 0.25) is 5.91 Å². The first-order valence-corrected chi connectivity index (χ1v) is 10.2. The summed E-state index contributed by atoms with van der Waals surface area (Å²) < 4.78 is 79.8. The second-order valence-electron chi connectivity index (χ2n) is 6.41. The number of carboxylic acid groups (broad SMARTS) is 1. The second-order valence-corrected chi connectivity index (χ2v) is 8.09. The largest absolute Gasteiger partial charge is 1.00 e. The van der Waals surface area contributed by atoms with E-state index in [1.54, 1.807) is 0 Å². The number of hydrazine groups is 1. The van der Waals surface area contributed by atoms with Crippen molar-refractivity contribution in [3.8, 4) is 0 Å². The number of halogens is 4. The van der Waals surface area contributed by atoms with E-state index in [-0.39, 0.29) is 73.3 Å². The molecule has 0 saturated heterocycles. The molecule has 0 unspecified atom stereocenters. The first-order valence-electron chi connectivity index (χ1n) is 8.71. The summed E-state index contributed by atoms with van der Waals surface area (Å²) in [5.41, 5.74) is 3.21. The predicted molar refractivity (Wildman–Crippen MR) is 105 cm³/mol. The third kappa shape index (κ3) is 7.13. The molecule has 0 aliphatic rings. The molecule has 0 saturated carbocycles. The predicted octanol–water partition coefficient (Wildman–Crippen LogP) is -2.09. The van der Waals surface area contributed by atoms with Crippen LogP contribution in [0.25, 0.3) is 0 Å². The SMILES string of the molecule is CC(=O)Nc1cccc(S(=O)(=O)Nc2ccc(NNC(=O)C(F)(F)C(F)(F)C(=O)[O-])cc2)c1.[K+]. The van der Waals surface area contributed by atoms with Crippen LogP contribution in [0.15, 0.2) is 53.4 Å². The van der Waals surface area contributed by atoms with Crippen molar-refractivity contribution in [2.24, 2.45) is 0 Å². The van der Waals surface area contributed by atoms with Gasteiger partial charge in [-0.1, -0.05) is 6.07 Å². The van der Waals surface area contributed by atoms with Crippen LogP contribution in [0, 0.1) is 0 Å². The minimum atomic E-state index is -5.75. The van der Waals surface area contributed by atoms with Crippen molar-refractivity contribution in [2.45, 2.75) is 23.7 Å². The van der Waals surface area contributed by atoms with Gasteiger partial charge in [-0.25, -0.2) is 8.42 Å². The van der Waals surface area contributed by atoms with Gasteiger partial charge in [0.25, 0.3) is 10.0 Å². The number of amides is 2. The number of anilines is 3. The van der Waals surface area contributed by atoms with E-state index >= 15 is 0 Å². The van der Waals surface area contributed by atoms with Gasteiger partial charge in [0.15, 0.2) is 0 Å². The number of carbonyl (C=O) groups excluding carboxylic acids is 3. The van der Waals surface area contributed by atoms with E-state index in [1.807, 2.05) is 5.43 Å². The third-order valence-corrected chi connectivity index (χ3v) is 5.24. The molecule has 0 heterocycles. The van der Waals surface area contributed by atoms with Crippen LogP contribution in [0.2, 0.25) is 0 Å². The number of alkyl halides is 4. The molecule has 34 heavy (non-hydrogen) atoms. The molecule has 10 nitrogen and oxygen atoms in total. The Bertz CT molecular complexity index is 1180. The maximum absolute atomic E-state index is 13.3. The minimum Gasteiger partial charge on any atom is -0.544 e. The molecule has 2 aromatic carbocycles. The van der Waals surface area contributed by atoms with Crippen LogP contribution in [0.3, 0.4) is 0 Å². The standard InChI is InChI=1S/C18H16F4N4O6S.K/c1-10(27)23-13-3-2-4-14(9-13)33(31,32)26-12-7-5-11(6-8-12)24-25-15(28)17(19,20)18(21,22)16(29)30;/h2-9,24,26H,1H3,(H,23,27)(H,25,28)(H,29,30);/q;+1/p-1. The Kier molecular flexibility index (Phi) is 10.0. The molecule has 2 rings (SSSR count). The van der Waals surface area contributed by atoms with E-state index in [4.69, 9.17) is 0 Å². The monoisotopic (exact) mass is 530 g/mol. The fraction of sp³-hybridized carbons (Fsp3) is 0.167. The second kappa shape index (κ2) is 11.5. The van der Waals surface area contributed by atoms with Gasteiger partial charge < -0.3 is 15.2 Å². The number of hydrogen-bond donors (Lipinski definition) is 4. The Labute approximate surface area is 232 Å². The van der Waals surface area contributed by atoms with Gasteiger partial charge in [0.1, 0.15) is 5.97 Å². The molecule has 0 aromatic heterocycles. The average molecular weight is 530 g/mol. The molecule has 0 bridgehead atoms. The fourth-order valence-electron chi connectivity index (χ4n) is 2.26. The number of carboxylic acids is 1. The van der Waals surface area contributed by atoms with Crippen LogP contribution in [-0.4, -0.2) is 38.0 Å². The number of carbonyl (C=O) groups is 3. The number of hydrogen-bond acceptors (Lipinski definition) is 7. The van der Waals surface area contributed by atoms with Gasteiger partial charge in [-0.2, -0.15) is 17.6 Å². The van der Waals surface area contributed by atoms with Crippen molar-refractivity contribution in [1.29, 1.82) is 0 Å². The van der Waals surface area contributed by atoms with Gasteiger partial charge in [0.05, 0.1) is 10.6 Å². The van der Waals surface area contributed by atoms with E-state index in [0.717, 1.165) is 24.3 Å². The molecule has 2 aromatic rings. The van der Waals surface area contributed by atoms with E-state index in [0.29, 0.717) is 0 Å². The summed E-state index contributed by atoms with van der Waals surface area (Å²) in [6, 6.07) is 9.84. The zero-order chi connectivity index (χ0) is 25.0. The Hall–Kier alpha value is -2.24. The van der Waals surface area contributed by atoms with Gasteiger partial charge in [-0.05, 0) is 42.5 Å². The molecule has 0 spiro atoms. The van der Waals surface area contributed by atoms with Crippen LogP contribution in [0.5, 0.6) is 0 Å². The van der Waals surface area contributed by atoms with E-state index < -0.39 is 39.7 Å². The first-order chi connectivity index (χ1) is 15.2. The molecule has 4 N–H and O–H groups in total. The number of aliphatic carboxylic acids is 1. The number of rotatable bonds is 9. The summed E-state index contributed by atoms with van der Waals surface area (Å²) in [5.74, 6) is -17.8. The van der Waals surface area contributed by atoms with Crippen LogP contribution in [0.1, 0.15) is 6.92 Å². The molecule has 0 radical (unpaired) electrons. The molecular formula is C18H15F4KN4O6S. The molecule has 0 fully saturated rings. The smallest absolute Gasteiger partial charge is 0.544 e. The summed E-state index contributed by atoms with van der Waals surface area (Å²) in [4.78, 5) is 32.4. The average Bonchev–Trinajstić information content (AvgIpc) is 2.72. The Morgan fingerprint density at radius 3 is 1.97 bits per heavy atom. The summed E-state index contributed by atoms with van der Waals surface area (Å²) in [6.45, 7) is 1.24. The minimum absolute atomic E-state index is 0. The van der Waals surface area contributed by atoms with Crippen molar-refractivity contribution < 1.29 is 96.9 Å². The summed E-state index contributed by atoms with van der Waals surface area (Å²) in [5, 5.41) is 12.6. The molecule has 0 aliphatic heterocycles. The summed E-state index contributed by atoms with van der Waals surface area (Å²) in [6.07, 6.45) is 0. The Balaban J connectivity index is 0.00000578. The summed E-state index contributed by atoms with van der Waals surface area (Å²) >= 11 is 0. The van der Waals surface area contributed by atoms with E-state index in [9.17, 15) is 45.5 Å². The van der Waals surface area contributed by atoms with Crippen molar-refractivity contribution in [1.82, 2.24) is 5.43 Å². The van der Waals surface area contributed by atoms with Gasteiger partial charge in [-0.3, -0.25) is 25.2 Å². The van der Waals surface area contributed by atoms with Crippen LogP contribution in [-0.2, 0) is 24.4 Å². The van der Waals surface area contributed by atoms with E-state index in [2.05, 4.69) is 10.0 Å². The number of nitrogens with one attached hydrogen (secondary N) is 4. The first kappa shape index (κ1) is 29.8. The van der Waals surface area contributed by atoms with Gasteiger partial charge in [-0.15, -0.1) is 0 Å². The zero-order valence-corrected chi connectivity index (χ0v) is 21.4. The van der Waals surface area contributed by atoms with Gasteiger partial charge in [0, 0.05) is 18.3 Å². The quantitative estimate of drug-likeness (QED) is 0.165. The molecule has 16 heteroatoms. The van der Waals surface area contributed by atoms with Crippen LogP contribution < -0.4 is 77.4 Å². The van der Waals surface area contributed by atoms with E-state index in [1.165, 1.54) is 36.6 Å². The number of sulfonamides is 1. The molecular weight excluding hydrogens is 515 g/mol. The maximum atomic E-state index is 13.3. The van der Waals surface area contributed by atoms with Crippen molar-refractivity contribution in [3.63, 3.8) is 0 Å². The zero-order valence-electron chi connectivity index (χ0n) is 17.5. The molecule has 2 amide bonds. The topological polar surface area (TPSA) is 157 Å².